The number of benzene rings is 2. The Morgan fingerprint density at radius 1 is 1.21 bits per heavy atom. The van der Waals surface area contributed by atoms with Crippen molar-refractivity contribution in [1.82, 2.24) is 15.5 Å². The van der Waals surface area contributed by atoms with E-state index in [2.05, 4.69) is 20.4 Å². The Hall–Kier alpha value is -3.15. The molecule has 2 heterocycles. The molecule has 6 heteroatoms. The summed E-state index contributed by atoms with van der Waals surface area (Å²) in [5.74, 6) is 0.278. The fourth-order valence-corrected chi connectivity index (χ4v) is 3.54. The van der Waals surface area contributed by atoms with Gasteiger partial charge in [0.15, 0.2) is 5.82 Å². The Balaban J connectivity index is 1.42. The highest BCUT2D eigenvalue weighted by molar-refractivity contribution is 5.94. The lowest BCUT2D eigenvalue weighted by atomic mass is 10.0. The van der Waals surface area contributed by atoms with Crippen molar-refractivity contribution in [2.24, 2.45) is 0 Å². The summed E-state index contributed by atoms with van der Waals surface area (Å²) in [5, 5.41) is 10.6. The van der Waals surface area contributed by atoms with Crippen LogP contribution in [0.5, 0.6) is 0 Å². The maximum atomic E-state index is 13.7. The van der Waals surface area contributed by atoms with E-state index in [0.29, 0.717) is 17.7 Å². The topological polar surface area (TPSA) is 61.0 Å². The van der Waals surface area contributed by atoms with Crippen LogP contribution in [0.25, 0.3) is 11.3 Å². The lowest BCUT2D eigenvalue weighted by molar-refractivity contribution is 0.0932. The molecule has 0 bridgehead atoms. The minimum absolute atomic E-state index is 0.00231. The van der Waals surface area contributed by atoms with Crippen molar-refractivity contribution in [2.45, 2.75) is 25.8 Å². The number of carbonyl (C=O) groups is 1. The normalized spacial score (nSPS) is 16.8. The van der Waals surface area contributed by atoms with E-state index >= 15 is 0 Å². The first-order valence-corrected chi connectivity index (χ1v) is 9.53. The number of halogens is 1. The molecule has 28 heavy (non-hydrogen) atoms. The molecule has 1 amide bonds. The minimum Gasteiger partial charge on any atom is -0.353 e. The lowest BCUT2D eigenvalue weighted by Gasteiger charge is -2.33. The molecule has 1 aliphatic rings. The third-order valence-corrected chi connectivity index (χ3v) is 5.16. The number of aryl methyl sites for hydroxylation is 1. The van der Waals surface area contributed by atoms with Gasteiger partial charge >= 0.3 is 0 Å². The number of nitrogens with one attached hydrogen (secondary N) is 2. The van der Waals surface area contributed by atoms with Gasteiger partial charge in [-0.1, -0.05) is 36.4 Å². The smallest absolute Gasteiger partial charge is 0.251 e. The molecule has 1 fully saturated rings. The molecule has 1 saturated heterocycles. The first-order valence-electron chi connectivity index (χ1n) is 9.53. The van der Waals surface area contributed by atoms with E-state index in [9.17, 15) is 9.18 Å². The summed E-state index contributed by atoms with van der Waals surface area (Å²) in [6.07, 6.45) is 1.85. The summed E-state index contributed by atoms with van der Waals surface area (Å²) < 4.78 is 13.7. The summed E-state index contributed by atoms with van der Waals surface area (Å²) in [5.41, 5.74) is 2.95. The van der Waals surface area contributed by atoms with Crippen molar-refractivity contribution in [2.75, 3.05) is 18.0 Å². The number of amides is 1. The molecular formula is C22H23FN4O. The van der Waals surface area contributed by atoms with Crippen molar-refractivity contribution < 1.29 is 9.18 Å². The summed E-state index contributed by atoms with van der Waals surface area (Å²) >= 11 is 0. The molecule has 144 valence electrons. The van der Waals surface area contributed by atoms with Crippen LogP contribution >= 0.6 is 0 Å². The van der Waals surface area contributed by atoms with E-state index in [4.69, 9.17) is 0 Å². The van der Waals surface area contributed by atoms with Gasteiger partial charge in [-0.05, 0) is 43.0 Å². The number of aromatic amines is 1. The van der Waals surface area contributed by atoms with Crippen LogP contribution in [0.4, 0.5) is 10.2 Å². The van der Waals surface area contributed by atoms with E-state index in [1.165, 1.54) is 6.07 Å². The Morgan fingerprint density at radius 3 is 2.82 bits per heavy atom. The number of rotatable bonds is 4. The molecule has 1 aromatic heterocycles. The van der Waals surface area contributed by atoms with Crippen LogP contribution in [0.3, 0.4) is 0 Å². The minimum atomic E-state index is -0.358. The number of hydrogen-bond acceptors (Lipinski definition) is 3. The third-order valence-electron chi connectivity index (χ3n) is 5.16. The predicted molar refractivity (Wildman–Crippen MR) is 108 cm³/mol. The number of nitrogens with zero attached hydrogens (tertiary/aromatic N) is 2. The molecule has 0 saturated carbocycles. The third kappa shape index (κ3) is 3.91. The maximum absolute atomic E-state index is 13.7. The molecule has 1 aliphatic heterocycles. The average molecular weight is 378 g/mol. The maximum Gasteiger partial charge on any atom is 0.251 e. The quantitative estimate of drug-likeness (QED) is 0.723. The first-order chi connectivity index (χ1) is 13.6. The van der Waals surface area contributed by atoms with E-state index in [0.717, 1.165) is 36.5 Å². The largest absolute Gasteiger partial charge is 0.353 e. The van der Waals surface area contributed by atoms with Crippen molar-refractivity contribution >= 4 is 11.7 Å². The van der Waals surface area contributed by atoms with E-state index in [1.54, 1.807) is 19.1 Å². The summed E-state index contributed by atoms with van der Waals surface area (Å²) in [6.45, 7) is 3.26. The van der Waals surface area contributed by atoms with Crippen LogP contribution in [0.15, 0.2) is 54.6 Å². The average Bonchev–Trinajstić information content (AvgIpc) is 3.21. The van der Waals surface area contributed by atoms with Crippen LogP contribution in [0.2, 0.25) is 0 Å². The van der Waals surface area contributed by atoms with E-state index in [-0.39, 0.29) is 17.8 Å². The van der Waals surface area contributed by atoms with Crippen molar-refractivity contribution in [3.8, 4) is 11.3 Å². The highest BCUT2D eigenvalue weighted by atomic mass is 19.1. The van der Waals surface area contributed by atoms with Gasteiger partial charge in [-0.15, -0.1) is 0 Å². The molecular weight excluding hydrogens is 355 g/mol. The summed E-state index contributed by atoms with van der Waals surface area (Å²) in [7, 11) is 0. The highest BCUT2D eigenvalue weighted by Gasteiger charge is 2.24. The van der Waals surface area contributed by atoms with Crippen LogP contribution in [-0.2, 0) is 0 Å². The van der Waals surface area contributed by atoms with Gasteiger partial charge in [0.2, 0.25) is 0 Å². The molecule has 0 spiro atoms. The van der Waals surface area contributed by atoms with Crippen LogP contribution in [0, 0.1) is 12.7 Å². The van der Waals surface area contributed by atoms with Gasteiger partial charge in [0.05, 0.1) is 5.69 Å². The first kappa shape index (κ1) is 18.2. The fraction of sp³-hybridized carbons (Fsp3) is 0.273. The molecule has 3 aromatic rings. The highest BCUT2D eigenvalue weighted by Crippen LogP contribution is 2.24. The second-order valence-corrected chi connectivity index (χ2v) is 7.23. The van der Waals surface area contributed by atoms with Crippen LogP contribution in [-0.4, -0.2) is 35.2 Å². The molecule has 2 N–H and O–H groups in total. The summed E-state index contributed by atoms with van der Waals surface area (Å²) in [4.78, 5) is 14.7. The fourth-order valence-electron chi connectivity index (χ4n) is 3.54. The molecule has 4 rings (SSSR count). The summed E-state index contributed by atoms with van der Waals surface area (Å²) in [6, 6.07) is 16.7. The van der Waals surface area contributed by atoms with Gasteiger partial charge in [-0.3, -0.25) is 9.89 Å². The van der Waals surface area contributed by atoms with Gasteiger partial charge in [0.1, 0.15) is 5.82 Å². The van der Waals surface area contributed by atoms with Gasteiger partial charge in [-0.2, -0.15) is 5.10 Å². The number of anilines is 1. The van der Waals surface area contributed by atoms with Gasteiger partial charge < -0.3 is 10.2 Å². The van der Waals surface area contributed by atoms with Crippen LogP contribution < -0.4 is 10.2 Å². The monoisotopic (exact) mass is 378 g/mol. The second kappa shape index (κ2) is 7.84. The Morgan fingerprint density at radius 2 is 2.04 bits per heavy atom. The van der Waals surface area contributed by atoms with Crippen molar-refractivity contribution in [3.05, 3.63) is 71.5 Å². The number of hydrogen-bond donors (Lipinski definition) is 2. The second-order valence-electron chi connectivity index (χ2n) is 7.23. The van der Waals surface area contributed by atoms with Gasteiger partial charge in [-0.25, -0.2) is 4.39 Å². The molecule has 0 aliphatic carbocycles. The van der Waals surface area contributed by atoms with Crippen molar-refractivity contribution in [3.63, 3.8) is 0 Å². The lowest BCUT2D eigenvalue weighted by Crippen LogP contribution is -2.48. The standard InChI is InChI=1S/C22H23FN4O/c1-15-9-10-17(12-19(15)23)22(28)24-18-8-5-11-27(14-18)21-13-20(25-26-21)16-6-3-2-4-7-16/h2-4,6-7,9-10,12-13,18H,5,8,11,14H2,1H3,(H,24,28)(H,25,26). The van der Waals surface area contributed by atoms with Gasteiger partial charge in [0, 0.05) is 30.8 Å². The number of piperidine rings is 1. The molecule has 1 unspecified atom stereocenters. The predicted octanol–water partition coefficient (Wildman–Crippen LogP) is 3.92. The Bertz CT molecular complexity index is 970. The molecule has 1 atom stereocenters. The number of carbonyl (C=O) groups excluding carboxylic acids is 1. The zero-order valence-electron chi connectivity index (χ0n) is 15.8. The Labute approximate surface area is 163 Å². The van der Waals surface area contributed by atoms with Gasteiger partial charge in [0.25, 0.3) is 5.91 Å². The SMILES string of the molecule is Cc1ccc(C(=O)NC2CCCN(c3cc(-c4ccccc4)[nH]n3)C2)cc1F. The zero-order valence-corrected chi connectivity index (χ0v) is 15.8. The molecule has 2 aromatic carbocycles. The van der Waals surface area contributed by atoms with Crippen LogP contribution in [0.1, 0.15) is 28.8 Å². The molecule has 5 nitrogen and oxygen atoms in total. The zero-order chi connectivity index (χ0) is 19.5. The van der Waals surface area contributed by atoms with E-state index < -0.39 is 0 Å². The number of H-pyrrole nitrogens is 1. The van der Waals surface area contributed by atoms with Crippen molar-refractivity contribution in [1.29, 1.82) is 0 Å². The molecule has 0 radical (unpaired) electrons. The van der Waals surface area contributed by atoms with E-state index in [1.807, 2.05) is 36.4 Å². The Kier molecular flexibility index (Phi) is 5.10. The number of aromatic nitrogens is 2.